The van der Waals surface area contributed by atoms with Gasteiger partial charge in [0.1, 0.15) is 0 Å². The SMILES string of the molecule is CCCCCCCCCCCCCCCCCCSCC(C)C1OCC2(CO1)COC(C(C)CSCCCCCCCCCCCCCCCCCC)OC2. The zero-order valence-corrected chi connectivity index (χ0v) is 39.2. The van der Waals surface area contributed by atoms with Gasteiger partial charge in [0.2, 0.25) is 0 Å². The van der Waals surface area contributed by atoms with Crippen molar-refractivity contribution in [3.8, 4) is 0 Å². The highest BCUT2D eigenvalue weighted by Crippen LogP contribution is 2.34. The first-order valence-electron chi connectivity index (χ1n) is 24.7. The highest BCUT2D eigenvalue weighted by Gasteiger charge is 2.43. The molecule has 2 atom stereocenters. The predicted molar refractivity (Wildman–Crippen MR) is 246 cm³/mol. The fraction of sp³-hybridized carbons (Fsp3) is 1.00. The van der Waals surface area contributed by atoms with Crippen molar-refractivity contribution in [2.24, 2.45) is 17.3 Å². The van der Waals surface area contributed by atoms with Crippen LogP contribution in [0, 0.1) is 17.3 Å². The number of unbranched alkanes of at least 4 members (excludes halogenated alkanes) is 30. The summed E-state index contributed by atoms with van der Waals surface area (Å²) in [6.45, 7) is 11.9. The average molecular weight is 813 g/mol. The Kier molecular flexibility index (Phi) is 35.3. The van der Waals surface area contributed by atoms with Crippen LogP contribution < -0.4 is 0 Å². The molecule has 0 bridgehead atoms. The van der Waals surface area contributed by atoms with Crippen LogP contribution in [0.4, 0.5) is 0 Å². The minimum Gasteiger partial charge on any atom is -0.352 e. The van der Waals surface area contributed by atoms with Crippen molar-refractivity contribution in [3.63, 3.8) is 0 Å². The summed E-state index contributed by atoms with van der Waals surface area (Å²) < 4.78 is 25.1. The summed E-state index contributed by atoms with van der Waals surface area (Å²) >= 11 is 4.16. The van der Waals surface area contributed by atoms with Gasteiger partial charge in [-0.1, -0.05) is 220 Å². The number of ether oxygens (including phenoxy) is 4. The summed E-state index contributed by atoms with van der Waals surface area (Å²) in [4.78, 5) is 0. The first-order valence-corrected chi connectivity index (χ1v) is 27.0. The summed E-state index contributed by atoms with van der Waals surface area (Å²) in [7, 11) is 0. The van der Waals surface area contributed by atoms with Gasteiger partial charge in [-0.05, 0) is 24.3 Å². The third-order valence-electron chi connectivity index (χ3n) is 12.2. The Morgan fingerprint density at radius 3 is 0.818 bits per heavy atom. The quantitative estimate of drug-likeness (QED) is 0.0574. The zero-order valence-electron chi connectivity index (χ0n) is 37.5. The van der Waals surface area contributed by atoms with Crippen molar-refractivity contribution < 1.29 is 18.9 Å². The van der Waals surface area contributed by atoms with Crippen LogP contribution in [0.25, 0.3) is 0 Å². The lowest BCUT2D eigenvalue weighted by Crippen LogP contribution is -2.54. The lowest BCUT2D eigenvalue weighted by molar-refractivity contribution is -0.315. The maximum atomic E-state index is 6.29. The molecule has 0 aromatic rings. The summed E-state index contributed by atoms with van der Waals surface area (Å²) in [5, 5.41) is 0. The van der Waals surface area contributed by atoms with Crippen molar-refractivity contribution >= 4 is 23.5 Å². The van der Waals surface area contributed by atoms with E-state index < -0.39 is 0 Å². The van der Waals surface area contributed by atoms with Crippen LogP contribution >= 0.6 is 23.5 Å². The van der Waals surface area contributed by atoms with E-state index in [1.165, 1.54) is 217 Å². The smallest absolute Gasteiger partial charge is 0.160 e. The first kappa shape index (κ1) is 51.7. The van der Waals surface area contributed by atoms with Crippen LogP contribution in [0.5, 0.6) is 0 Å². The third-order valence-corrected chi connectivity index (χ3v) is 14.9. The molecule has 2 heterocycles. The molecule has 2 unspecified atom stereocenters. The lowest BCUT2D eigenvalue weighted by Gasteiger charge is -2.45. The van der Waals surface area contributed by atoms with E-state index >= 15 is 0 Å². The summed E-state index contributed by atoms with van der Waals surface area (Å²) in [5.74, 6) is 5.57. The molecule has 6 heteroatoms. The molecular weight excluding hydrogens is 717 g/mol. The molecule has 328 valence electrons. The maximum Gasteiger partial charge on any atom is 0.160 e. The molecule has 0 aromatic carbocycles. The zero-order chi connectivity index (χ0) is 39.3. The van der Waals surface area contributed by atoms with Crippen LogP contribution in [-0.4, -0.2) is 62.0 Å². The molecule has 0 saturated carbocycles. The molecule has 0 amide bonds. The van der Waals surface area contributed by atoms with Crippen LogP contribution in [0.1, 0.15) is 233 Å². The molecule has 0 aromatic heterocycles. The highest BCUT2D eigenvalue weighted by atomic mass is 32.2. The Hall–Kier alpha value is 0.540. The van der Waals surface area contributed by atoms with E-state index in [0.29, 0.717) is 38.3 Å². The van der Waals surface area contributed by atoms with E-state index in [-0.39, 0.29) is 18.0 Å². The van der Waals surface area contributed by atoms with Crippen molar-refractivity contribution in [2.45, 2.75) is 246 Å². The average Bonchev–Trinajstić information content (AvgIpc) is 3.20. The van der Waals surface area contributed by atoms with Gasteiger partial charge in [-0.3, -0.25) is 0 Å². The highest BCUT2D eigenvalue weighted by molar-refractivity contribution is 7.99. The van der Waals surface area contributed by atoms with Crippen LogP contribution in [-0.2, 0) is 18.9 Å². The summed E-state index contributed by atoms with van der Waals surface area (Å²) in [6, 6.07) is 0. The first-order chi connectivity index (χ1) is 27.1. The van der Waals surface area contributed by atoms with Crippen molar-refractivity contribution in [2.75, 3.05) is 49.4 Å². The molecule has 55 heavy (non-hydrogen) atoms. The normalized spacial score (nSPS) is 21.4. The molecule has 0 radical (unpaired) electrons. The Balaban J connectivity index is 1.33. The Morgan fingerprint density at radius 1 is 0.364 bits per heavy atom. The summed E-state index contributed by atoms with van der Waals surface area (Å²) in [5.41, 5.74) is -0.145. The van der Waals surface area contributed by atoms with Gasteiger partial charge in [-0.15, -0.1) is 0 Å². The second-order valence-electron chi connectivity index (χ2n) is 18.2. The molecule has 4 nitrogen and oxygen atoms in total. The number of rotatable bonds is 40. The fourth-order valence-corrected chi connectivity index (χ4v) is 10.4. The van der Waals surface area contributed by atoms with E-state index in [1.54, 1.807) is 0 Å². The van der Waals surface area contributed by atoms with E-state index in [0.717, 1.165) is 11.5 Å². The molecule has 2 aliphatic rings. The van der Waals surface area contributed by atoms with Crippen LogP contribution in [0.3, 0.4) is 0 Å². The van der Waals surface area contributed by atoms with E-state index in [4.69, 9.17) is 18.9 Å². The predicted octanol–water partition coefficient (Wildman–Crippen LogP) is 16.0. The minimum absolute atomic E-state index is 0.0958. The van der Waals surface area contributed by atoms with Crippen molar-refractivity contribution in [3.05, 3.63) is 0 Å². The van der Waals surface area contributed by atoms with Gasteiger partial charge in [0.15, 0.2) is 12.6 Å². The number of hydrogen-bond donors (Lipinski definition) is 0. The summed E-state index contributed by atoms with van der Waals surface area (Å²) in [6.07, 6.45) is 45.6. The largest absolute Gasteiger partial charge is 0.352 e. The molecular formula is C49H96O4S2. The van der Waals surface area contributed by atoms with Gasteiger partial charge >= 0.3 is 0 Å². The molecule has 2 aliphatic heterocycles. The molecule has 1 spiro atoms. The molecule has 2 fully saturated rings. The Bertz CT molecular complexity index is 715. The maximum absolute atomic E-state index is 6.29. The van der Waals surface area contributed by atoms with Gasteiger partial charge in [0.05, 0.1) is 31.8 Å². The molecule has 0 aliphatic carbocycles. The molecule has 0 N–H and O–H groups in total. The van der Waals surface area contributed by atoms with E-state index in [2.05, 4.69) is 51.2 Å². The van der Waals surface area contributed by atoms with Gasteiger partial charge in [0, 0.05) is 23.3 Å². The lowest BCUT2D eigenvalue weighted by atomic mass is 9.90. The Morgan fingerprint density at radius 2 is 0.582 bits per heavy atom. The van der Waals surface area contributed by atoms with Crippen molar-refractivity contribution in [1.29, 1.82) is 0 Å². The monoisotopic (exact) mass is 813 g/mol. The van der Waals surface area contributed by atoms with Gasteiger partial charge in [-0.25, -0.2) is 0 Å². The molecule has 2 rings (SSSR count). The molecule has 2 saturated heterocycles. The topological polar surface area (TPSA) is 36.9 Å². The van der Waals surface area contributed by atoms with Crippen molar-refractivity contribution in [1.82, 2.24) is 0 Å². The Labute approximate surface area is 353 Å². The number of hydrogen-bond acceptors (Lipinski definition) is 6. The fourth-order valence-electron chi connectivity index (χ4n) is 8.24. The standard InChI is InChI=1S/C49H96O4S2/c1-5-7-9-11-13-15-17-19-21-23-25-27-29-31-33-35-37-54-39-45(3)47-50-41-49(42-51-47)43-52-48(53-44-49)46(4)40-55-38-36-34-32-30-28-26-24-22-20-18-16-14-12-10-8-6-2/h45-48H,5-44H2,1-4H3. The number of thioether (sulfide) groups is 2. The van der Waals surface area contributed by atoms with Gasteiger partial charge in [-0.2, -0.15) is 23.5 Å². The van der Waals surface area contributed by atoms with Crippen LogP contribution in [0.15, 0.2) is 0 Å². The third kappa shape index (κ3) is 28.6. The van der Waals surface area contributed by atoms with Crippen LogP contribution in [0.2, 0.25) is 0 Å². The van der Waals surface area contributed by atoms with E-state index in [9.17, 15) is 0 Å². The second-order valence-corrected chi connectivity index (χ2v) is 20.5. The van der Waals surface area contributed by atoms with E-state index in [1.807, 2.05) is 0 Å². The second kappa shape index (κ2) is 37.5. The minimum atomic E-state index is -0.145. The van der Waals surface area contributed by atoms with Gasteiger partial charge < -0.3 is 18.9 Å². The van der Waals surface area contributed by atoms with Gasteiger partial charge in [0.25, 0.3) is 0 Å².